The molecule has 0 heterocycles. The molecule has 0 aromatic carbocycles. The van der Waals surface area contributed by atoms with Crippen LogP contribution in [-0.2, 0) is 9.47 Å². The Morgan fingerprint density at radius 1 is 1.18 bits per heavy atom. The van der Waals surface area contributed by atoms with Gasteiger partial charge in [0.05, 0.1) is 13.2 Å². The second kappa shape index (κ2) is 8.03. The van der Waals surface area contributed by atoms with Crippen LogP contribution in [0.4, 0.5) is 0 Å². The summed E-state index contributed by atoms with van der Waals surface area (Å²) < 4.78 is 11.5. The highest BCUT2D eigenvalue weighted by Crippen LogP contribution is 2.31. The number of ether oxygens (including phenoxy) is 2. The van der Waals surface area contributed by atoms with Crippen LogP contribution in [0.25, 0.3) is 0 Å². The maximum atomic E-state index is 8.91. The van der Waals surface area contributed by atoms with E-state index in [2.05, 4.69) is 11.8 Å². The predicted molar refractivity (Wildman–Crippen MR) is 68.0 cm³/mol. The number of aliphatic hydroxyl groups excluding tert-OH is 1. The highest BCUT2D eigenvalue weighted by atomic mass is 16.7. The van der Waals surface area contributed by atoms with Gasteiger partial charge >= 0.3 is 0 Å². The summed E-state index contributed by atoms with van der Waals surface area (Å²) in [7, 11) is 1.75. The first-order valence-electron chi connectivity index (χ1n) is 6.78. The molecule has 0 saturated heterocycles. The van der Waals surface area contributed by atoms with Crippen LogP contribution in [0.1, 0.15) is 39.0 Å². The van der Waals surface area contributed by atoms with E-state index in [9.17, 15) is 0 Å². The topological polar surface area (TPSA) is 41.9 Å². The maximum absolute atomic E-state index is 8.91. The van der Waals surface area contributed by atoms with Crippen molar-refractivity contribution in [3.05, 3.63) is 0 Å². The van der Waals surface area contributed by atoms with Crippen molar-refractivity contribution in [1.82, 2.24) is 4.90 Å². The fourth-order valence-corrected chi connectivity index (χ4v) is 2.43. The third kappa shape index (κ3) is 4.92. The molecule has 0 amide bonds. The third-order valence-electron chi connectivity index (χ3n) is 3.62. The molecule has 4 heteroatoms. The number of nitrogens with zero attached hydrogens (tertiary/aromatic N) is 1. The molecular weight excluding hydrogens is 218 g/mol. The lowest BCUT2D eigenvalue weighted by Crippen LogP contribution is -2.40. The lowest BCUT2D eigenvalue weighted by atomic mass is 9.94. The van der Waals surface area contributed by atoms with Crippen LogP contribution in [0.5, 0.6) is 0 Å². The van der Waals surface area contributed by atoms with Gasteiger partial charge in [0.25, 0.3) is 0 Å². The Bertz CT molecular complexity index is 193. The van der Waals surface area contributed by atoms with Crippen molar-refractivity contribution >= 4 is 0 Å². The average molecular weight is 245 g/mol. The molecule has 1 aliphatic carbocycles. The monoisotopic (exact) mass is 245 g/mol. The van der Waals surface area contributed by atoms with Crippen molar-refractivity contribution in [2.45, 2.75) is 44.8 Å². The highest BCUT2D eigenvalue weighted by Gasteiger charge is 2.32. The zero-order valence-electron chi connectivity index (χ0n) is 11.3. The van der Waals surface area contributed by atoms with E-state index < -0.39 is 0 Å². The van der Waals surface area contributed by atoms with Crippen molar-refractivity contribution in [1.29, 1.82) is 0 Å². The number of aliphatic hydroxyl groups is 1. The van der Waals surface area contributed by atoms with Crippen molar-refractivity contribution in [3.8, 4) is 0 Å². The number of hydrogen-bond donors (Lipinski definition) is 1. The summed E-state index contributed by atoms with van der Waals surface area (Å²) >= 11 is 0. The van der Waals surface area contributed by atoms with Gasteiger partial charge in [0, 0.05) is 33.0 Å². The molecule has 0 radical (unpaired) electrons. The van der Waals surface area contributed by atoms with Crippen LogP contribution in [0, 0.1) is 0 Å². The summed E-state index contributed by atoms with van der Waals surface area (Å²) in [6.45, 7) is 5.53. The minimum absolute atomic E-state index is 0.212. The molecule has 0 atom stereocenters. The van der Waals surface area contributed by atoms with Gasteiger partial charge in [-0.2, -0.15) is 0 Å². The molecule has 0 aliphatic heterocycles. The molecule has 4 nitrogen and oxygen atoms in total. The Morgan fingerprint density at radius 3 is 2.41 bits per heavy atom. The summed E-state index contributed by atoms with van der Waals surface area (Å²) in [5, 5.41) is 8.91. The zero-order valence-corrected chi connectivity index (χ0v) is 11.3. The fourth-order valence-electron chi connectivity index (χ4n) is 2.43. The SMILES string of the molecule is CCN(CCO)CCOC1(OC)CCCCC1. The quantitative estimate of drug-likeness (QED) is 0.660. The summed E-state index contributed by atoms with van der Waals surface area (Å²) in [5.41, 5.74) is 0. The van der Waals surface area contributed by atoms with Crippen LogP contribution in [0.15, 0.2) is 0 Å². The van der Waals surface area contributed by atoms with Crippen LogP contribution in [-0.4, -0.2) is 55.8 Å². The van der Waals surface area contributed by atoms with Crippen molar-refractivity contribution < 1.29 is 14.6 Å². The summed E-state index contributed by atoms with van der Waals surface area (Å²) in [4.78, 5) is 2.19. The Kier molecular flexibility index (Phi) is 7.04. The van der Waals surface area contributed by atoms with Gasteiger partial charge < -0.3 is 14.6 Å². The van der Waals surface area contributed by atoms with E-state index in [1.54, 1.807) is 7.11 Å². The Labute approximate surface area is 105 Å². The summed E-state index contributed by atoms with van der Waals surface area (Å²) in [5.74, 6) is -0.336. The maximum Gasteiger partial charge on any atom is 0.167 e. The van der Waals surface area contributed by atoms with E-state index in [-0.39, 0.29) is 12.4 Å². The van der Waals surface area contributed by atoms with Crippen LogP contribution in [0.3, 0.4) is 0 Å². The van der Waals surface area contributed by atoms with Gasteiger partial charge in [0.1, 0.15) is 0 Å². The zero-order chi connectivity index (χ0) is 12.6. The molecule has 0 unspecified atom stereocenters. The molecule has 1 fully saturated rings. The van der Waals surface area contributed by atoms with Gasteiger partial charge in [-0.1, -0.05) is 13.3 Å². The number of rotatable bonds is 8. The molecule has 1 N–H and O–H groups in total. The van der Waals surface area contributed by atoms with Crippen LogP contribution < -0.4 is 0 Å². The molecule has 0 aromatic heterocycles. The average Bonchev–Trinajstić information content (AvgIpc) is 2.39. The second-order valence-corrected chi connectivity index (χ2v) is 4.68. The smallest absolute Gasteiger partial charge is 0.167 e. The number of methoxy groups -OCH3 is 1. The number of hydrogen-bond acceptors (Lipinski definition) is 4. The van der Waals surface area contributed by atoms with E-state index in [0.29, 0.717) is 6.61 Å². The molecule has 1 aliphatic rings. The molecule has 17 heavy (non-hydrogen) atoms. The first kappa shape index (κ1) is 14.9. The predicted octanol–water partition coefficient (Wildman–Crippen LogP) is 1.62. The second-order valence-electron chi connectivity index (χ2n) is 4.68. The standard InChI is InChI=1S/C13H27NO3/c1-3-14(9-11-15)10-12-17-13(16-2)7-5-4-6-8-13/h15H,3-12H2,1-2H3. The molecule has 1 rings (SSSR count). The van der Waals surface area contributed by atoms with Crippen LogP contribution >= 0.6 is 0 Å². The third-order valence-corrected chi connectivity index (χ3v) is 3.62. The lowest BCUT2D eigenvalue weighted by molar-refractivity contribution is -0.239. The summed E-state index contributed by atoms with van der Waals surface area (Å²) in [6.07, 6.45) is 5.70. The van der Waals surface area contributed by atoms with Gasteiger partial charge in [0.2, 0.25) is 0 Å². The molecule has 102 valence electrons. The van der Waals surface area contributed by atoms with Gasteiger partial charge in [-0.25, -0.2) is 0 Å². The van der Waals surface area contributed by atoms with Gasteiger partial charge in [0.15, 0.2) is 5.79 Å². The van der Waals surface area contributed by atoms with Crippen molar-refractivity contribution in [2.75, 3.05) is 40.0 Å². The Balaban J connectivity index is 2.27. The number of likely N-dealkylation sites (N-methyl/N-ethyl adjacent to an activating group) is 1. The molecule has 1 saturated carbocycles. The van der Waals surface area contributed by atoms with Crippen LogP contribution in [0.2, 0.25) is 0 Å². The molecular formula is C13H27NO3. The van der Waals surface area contributed by atoms with E-state index in [1.807, 2.05) is 0 Å². The Morgan fingerprint density at radius 2 is 1.88 bits per heavy atom. The molecule has 0 aromatic rings. The lowest BCUT2D eigenvalue weighted by Gasteiger charge is -2.36. The van der Waals surface area contributed by atoms with Gasteiger partial charge in [-0.05, 0) is 19.4 Å². The van der Waals surface area contributed by atoms with E-state index in [4.69, 9.17) is 14.6 Å². The minimum Gasteiger partial charge on any atom is -0.395 e. The fraction of sp³-hybridized carbons (Fsp3) is 1.00. The van der Waals surface area contributed by atoms with Gasteiger partial charge in [-0.15, -0.1) is 0 Å². The first-order chi connectivity index (χ1) is 8.26. The minimum atomic E-state index is -0.336. The van der Waals surface area contributed by atoms with Crippen molar-refractivity contribution in [3.63, 3.8) is 0 Å². The molecule has 0 spiro atoms. The first-order valence-corrected chi connectivity index (χ1v) is 6.78. The van der Waals surface area contributed by atoms with E-state index in [1.165, 1.54) is 19.3 Å². The highest BCUT2D eigenvalue weighted by molar-refractivity contribution is 4.75. The van der Waals surface area contributed by atoms with Crippen molar-refractivity contribution in [2.24, 2.45) is 0 Å². The largest absolute Gasteiger partial charge is 0.395 e. The van der Waals surface area contributed by atoms with E-state index >= 15 is 0 Å². The summed E-state index contributed by atoms with van der Waals surface area (Å²) in [6, 6.07) is 0. The van der Waals surface area contributed by atoms with E-state index in [0.717, 1.165) is 32.5 Å². The molecule has 0 bridgehead atoms. The normalized spacial score (nSPS) is 19.8. The Hall–Kier alpha value is -0.160. The van der Waals surface area contributed by atoms with Gasteiger partial charge in [-0.3, -0.25) is 4.90 Å².